The van der Waals surface area contributed by atoms with Gasteiger partial charge in [0.1, 0.15) is 4.90 Å². The summed E-state index contributed by atoms with van der Waals surface area (Å²) in [6.45, 7) is 5.98. The topological polar surface area (TPSA) is 67.4 Å². The monoisotopic (exact) mass is 398 g/mol. The molecule has 0 amide bonds. The van der Waals surface area contributed by atoms with Crippen molar-refractivity contribution in [2.75, 3.05) is 20.3 Å². The smallest absolute Gasteiger partial charge is 0.242 e. The van der Waals surface area contributed by atoms with Crippen LogP contribution in [0.5, 0.6) is 0 Å². The highest BCUT2D eigenvalue weighted by atomic mass is 79.9. The van der Waals surface area contributed by atoms with Gasteiger partial charge in [0, 0.05) is 24.6 Å². The Hall–Kier alpha value is 0.01000. The first-order valence-electron chi connectivity index (χ1n) is 6.94. The molecule has 8 heteroatoms. The lowest BCUT2D eigenvalue weighted by atomic mass is 10.3. The van der Waals surface area contributed by atoms with Crippen LogP contribution >= 0.6 is 27.3 Å². The van der Waals surface area contributed by atoms with Crippen LogP contribution in [0.3, 0.4) is 0 Å². The van der Waals surface area contributed by atoms with Crippen LogP contribution in [0, 0.1) is 0 Å². The van der Waals surface area contributed by atoms with Gasteiger partial charge in [-0.05, 0) is 41.4 Å². The van der Waals surface area contributed by atoms with Crippen LogP contribution in [0.4, 0.5) is 0 Å². The van der Waals surface area contributed by atoms with Crippen LogP contribution in [0.2, 0.25) is 0 Å². The Bertz CT molecular complexity index is 532. The summed E-state index contributed by atoms with van der Waals surface area (Å²) in [4.78, 5) is 1.30. The number of rotatable bonds is 10. The minimum atomic E-state index is -3.53. The molecular weight excluding hydrogens is 376 g/mol. The SMILES string of the molecule is CCCNCc1cc(S(=O)(=O)NC(CC)COC)c(Br)s1. The Kier molecular flexibility index (Phi) is 8.36. The summed E-state index contributed by atoms with van der Waals surface area (Å²) in [6, 6.07) is 1.51. The van der Waals surface area contributed by atoms with Gasteiger partial charge in [0.05, 0.1) is 10.4 Å². The molecule has 1 unspecified atom stereocenters. The Labute approximate surface area is 139 Å². The molecule has 1 aromatic rings. The Morgan fingerprint density at radius 3 is 2.71 bits per heavy atom. The maximum absolute atomic E-state index is 12.4. The number of nitrogens with one attached hydrogen (secondary N) is 2. The zero-order valence-electron chi connectivity index (χ0n) is 12.6. The maximum atomic E-state index is 12.4. The van der Waals surface area contributed by atoms with Crippen LogP contribution in [0.25, 0.3) is 0 Å². The van der Waals surface area contributed by atoms with Crippen LogP contribution < -0.4 is 10.0 Å². The van der Waals surface area contributed by atoms with Crippen molar-refractivity contribution >= 4 is 37.3 Å². The zero-order valence-corrected chi connectivity index (χ0v) is 15.8. The van der Waals surface area contributed by atoms with Crippen molar-refractivity contribution in [3.05, 3.63) is 14.7 Å². The van der Waals surface area contributed by atoms with Crippen molar-refractivity contribution < 1.29 is 13.2 Å². The van der Waals surface area contributed by atoms with Crippen LogP contribution in [0.15, 0.2) is 14.7 Å². The van der Waals surface area contributed by atoms with E-state index in [1.165, 1.54) is 11.3 Å². The van der Waals surface area contributed by atoms with Crippen LogP contribution in [0.1, 0.15) is 31.6 Å². The van der Waals surface area contributed by atoms with E-state index in [0.717, 1.165) is 17.8 Å². The van der Waals surface area contributed by atoms with Crippen molar-refractivity contribution in [3.8, 4) is 0 Å². The van der Waals surface area contributed by atoms with E-state index < -0.39 is 10.0 Å². The van der Waals surface area contributed by atoms with E-state index in [0.29, 0.717) is 28.3 Å². The highest BCUT2D eigenvalue weighted by molar-refractivity contribution is 9.11. The second-order valence-electron chi connectivity index (χ2n) is 4.71. The fourth-order valence-corrected chi connectivity index (χ4v) is 5.73. The van der Waals surface area contributed by atoms with Gasteiger partial charge in [-0.2, -0.15) is 0 Å². The van der Waals surface area contributed by atoms with E-state index in [4.69, 9.17) is 4.74 Å². The van der Waals surface area contributed by atoms with Crippen molar-refractivity contribution in [3.63, 3.8) is 0 Å². The molecule has 0 fully saturated rings. The van der Waals surface area contributed by atoms with Gasteiger partial charge < -0.3 is 10.1 Å². The van der Waals surface area contributed by atoms with Gasteiger partial charge in [-0.1, -0.05) is 13.8 Å². The molecule has 1 heterocycles. The summed E-state index contributed by atoms with van der Waals surface area (Å²) in [5.74, 6) is 0. The zero-order chi connectivity index (χ0) is 15.9. The average molecular weight is 399 g/mol. The van der Waals surface area contributed by atoms with Gasteiger partial charge in [-0.15, -0.1) is 11.3 Å². The number of hydrogen-bond donors (Lipinski definition) is 2. The molecule has 0 aromatic carbocycles. The summed E-state index contributed by atoms with van der Waals surface area (Å²) < 4.78 is 33.2. The molecule has 1 rings (SSSR count). The second kappa shape index (κ2) is 9.22. The Balaban J connectivity index is 2.82. The van der Waals surface area contributed by atoms with Gasteiger partial charge >= 0.3 is 0 Å². The Morgan fingerprint density at radius 1 is 1.43 bits per heavy atom. The fourth-order valence-electron chi connectivity index (χ4n) is 1.78. The second-order valence-corrected chi connectivity index (χ2v) is 8.85. The third-order valence-corrected chi connectivity index (χ3v) is 6.68. The number of halogens is 1. The minimum absolute atomic E-state index is 0.214. The molecule has 0 aliphatic carbocycles. The van der Waals surface area contributed by atoms with E-state index >= 15 is 0 Å². The molecule has 0 aliphatic heterocycles. The number of thiophene rings is 1. The largest absolute Gasteiger partial charge is 0.383 e. The molecule has 0 radical (unpaired) electrons. The highest BCUT2D eigenvalue weighted by Crippen LogP contribution is 2.31. The third-order valence-electron chi connectivity index (χ3n) is 2.90. The van der Waals surface area contributed by atoms with E-state index in [2.05, 4.69) is 32.9 Å². The van der Waals surface area contributed by atoms with E-state index in [1.54, 1.807) is 13.2 Å². The van der Waals surface area contributed by atoms with Crippen molar-refractivity contribution in [2.24, 2.45) is 0 Å². The summed E-state index contributed by atoms with van der Waals surface area (Å²) in [6.07, 6.45) is 1.73. The molecule has 0 spiro atoms. The van der Waals surface area contributed by atoms with Gasteiger partial charge in [-0.25, -0.2) is 13.1 Å². The molecule has 0 bridgehead atoms. The summed E-state index contributed by atoms with van der Waals surface area (Å²) in [5.41, 5.74) is 0. The van der Waals surface area contributed by atoms with Crippen molar-refractivity contribution in [1.82, 2.24) is 10.0 Å². The molecule has 1 aromatic heterocycles. The number of sulfonamides is 1. The Morgan fingerprint density at radius 2 is 2.14 bits per heavy atom. The van der Waals surface area contributed by atoms with Crippen molar-refractivity contribution in [1.29, 1.82) is 0 Å². The van der Waals surface area contributed by atoms with E-state index in [-0.39, 0.29) is 6.04 Å². The molecular formula is C13H23BrN2O3S2. The molecule has 21 heavy (non-hydrogen) atoms. The fraction of sp³-hybridized carbons (Fsp3) is 0.692. The van der Waals surface area contributed by atoms with E-state index in [1.807, 2.05) is 6.92 Å². The van der Waals surface area contributed by atoms with Crippen molar-refractivity contribution in [2.45, 2.75) is 44.2 Å². The number of methoxy groups -OCH3 is 1. The molecule has 0 saturated carbocycles. The predicted octanol–water partition coefficient (Wildman–Crippen LogP) is 2.71. The quantitative estimate of drug-likeness (QED) is 0.594. The molecule has 1 atom stereocenters. The molecule has 122 valence electrons. The van der Waals surface area contributed by atoms with Gasteiger partial charge in [-0.3, -0.25) is 0 Å². The first kappa shape index (κ1) is 19.1. The van der Waals surface area contributed by atoms with Crippen LogP contribution in [-0.2, 0) is 21.3 Å². The van der Waals surface area contributed by atoms with Gasteiger partial charge in [0.2, 0.25) is 10.0 Å². The molecule has 0 saturated heterocycles. The number of ether oxygens (including phenoxy) is 1. The molecule has 5 nitrogen and oxygen atoms in total. The van der Waals surface area contributed by atoms with Crippen LogP contribution in [-0.4, -0.2) is 34.7 Å². The lowest BCUT2D eigenvalue weighted by Crippen LogP contribution is -2.37. The highest BCUT2D eigenvalue weighted by Gasteiger charge is 2.23. The average Bonchev–Trinajstić information content (AvgIpc) is 2.80. The number of hydrogen-bond acceptors (Lipinski definition) is 5. The normalized spacial score (nSPS) is 13.5. The van der Waals surface area contributed by atoms with Gasteiger partial charge in [0.15, 0.2) is 0 Å². The summed E-state index contributed by atoms with van der Waals surface area (Å²) >= 11 is 4.80. The molecule has 2 N–H and O–H groups in total. The van der Waals surface area contributed by atoms with Gasteiger partial charge in [0.25, 0.3) is 0 Å². The maximum Gasteiger partial charge on any atom is 0.242 e. The summed E-state index contributed by atoms with van der Waals surface area (Å²) in [7, 11) is -1.96. The lowest BCUT2D eigenvalue weighted by molar-refractivity contribution is 0.173. The lowest BCUT2D eigenvalue weighted by Gasteiger charge is -2.15. The molecule has 0 aliphatic rings. The first-order valence-corrected chi connectivity index (χ1v) is 10.0. The standard InChI is InChI=1S/C13H23BrN2O3S2/c1-4-6-15-8-11-7-12(13(14)20-11)21(17,18)16-10(5-2)9-19-3/h7,10,15-16H,4-6,8-9H2,1-3H3. The third kappa shape index (κ3) is 5.96. The predicted molar refractivity (Wildman–Crippen MR) is 90.3 cm³/mol. The first-order chi connectivity index (χ1) is 9.94. The minimum Gasteiger partial charge on any atom is -0.383 e. The summed E-state index contributed by atoms with van der Waals surface area (Å²) in [5, 5.41) is 3.27. The van der Waals surface area contributed by atoms with E-state index in [9.17, 15) is 8.42 Å².